The summed E-state index contributed by atoms with van der Waals surface area (Å²) in [5.74, 6) is 3.75. The highest BCUT2D eigenvalue weighted by Crippen LogP contribution is 2.26. The van der Waals surface area contributed by atoms with Gasteiger partial charge in [-0.2, -0.15) is 0 Å². The number of rotatable bonds is 4. The minimum absolute atomic E-state index is 0.526. The number of imidazole rings is 1. The zero-order valence-corrected chi connectivity index (χ0v) is 11.6. The molecule has 2 aromatic rings. The van der Waals surface area contributed by atoms with Crippen molar-refractivity contribution in [2.75, 3.05) is 6.54 Å². The van der Waals surface area contributed by atoms with Crippen LogP contribution in [0.5, 0.6) is 0 Å². The number of hydrogen-bond acceptors (Lipinski definition) is 3. The Kier molecular flexibility index (Phi) is 3.42. The van der Waals surface area contributed by atoms with Gasteiger partial charge in [-0.3, -0.25) is 0 Å². The summed E-state index contributed by atoms with van der Waals surface area (Å²) in [6, 6.07) is 4.04. The zero-order chi connectivity index (χ0) is 13.2. The van der Waals surface area contributed by atoms with E-state index < -0.39 is 0 Å². The average Bonchev–Trinajstić information content (AvgIpc) is 2.95. The number of furan rings is 1. The van der Waals surface area contributed by atoms with Crippen LogP contribution in [0.15, 0.2) is 22.7 Å². The molecule has 0 spiro atoms. The highest BCUT2D eigenvalue weighted by atomic mass is 16.3. The van der Waals surface area contributed by atoms with Gasteiger partial charge in [0.05, 0.1) is 12.2 Å². The maximum Gasteiger partial charge on any atom is 0.117 e. The Morgan fingerprint density at radius 2 is 2.32 bits per heavy atom. The van der Waals surface area contributed by atoms with Gasteiger partial charge >= 0.3 is 0 Å². The molecular formula is C15H21N3O. The maximum absolute atomic E-state index is 5.56. The summed E-state index contributed by atoms with van der Waals surface area (Å²) in [7, 11) is 0. The SMILES string of the molecule is Cc1cn2c(n1)[C@H](CNCc1ccc(C)o1)CCC2. The number of aromatic nitrogens is 2. The van der Waals surface area contributed by atoms with Gasteiger partial charge in [-0.1, -0.05) is 0 Å². The molecule has 1 aliphatic rings. The predicted octanol–water partition coefficient (Wildman–Crippen LogP) is 2.76. The minimum atomic E-state index is 0.526. The van der Waals surface area contributed by atoms with Crippen LogP contribution >= 0.6 is 0 Å². The Labute approximate surface area is 113 Å². The van der Waals surface area contributed by atoms with E-state index in [1.807, 2.05) is 19.1 Å². The number of nitrogens with zero attached hydrogens (tertiary/aromatic N) is 2. The molecule has 0 amide bonds. The Morgan fingerprint density at radius 1 is 1.42 bits per heavy atom. The van der Waals surface area contributed by atoms with Crippen molar-refractivity contribution in [2.24, 2.45) is 0 Å². The fraction of sp³-hybridized carbons (Fsp3) is 0.533. The molecule has 3 heterocycles. The summed E-state index contributed by atoms with van der Waals surface area (Å²) in [4.78, 5) is 4.66. The molecule has 0 radical (unpaired) electrons. The van der Waals surface area contributed by atoms with Crippen LogP contribution in [-0.2, 0) is 13.1 Å². The third-order valence-corrected chi connectivity index (χ3v) is 3.73. The van der Waals surface area contributed by atoms with E-state index in [0.717, 1.165) is 36.8 Å². The molecular weight excluding hydrogens is 238 g/mol. The molecule has 2 aromatic heterocycles. The van der Waals surface area contributed by atoms with E-state index >= 15 is 0 Å². The van der Waals surface area contributed by atoms with Crippen LogP contribution in [0, 0.1) is 13.8 Å². The molecule has 4 heteroatoms. The Morgan fingerprint density at radius 3 is 3.11 bits per heavy atom. The number of aryl methyl sites for hydroxylation is 3. The first kappa shape index (κ1) is 12.5. The van der Waals surface area contributed by atoms with E-state index in [0.29, 0.717) is 5.92 Å². The lowest BCUT2D eigenvalue weighted by Crippen LogP contribution is -2.26. The van der Waals surface area contributed by atoms with Crippen molar-refractivity contribution in [2.45, 2.75) is 45.7 Å². The van der Waals surface area contributed by atoms with Crippen LogP contribution in [0.2, 0.25) is 0 Å². The number of nitrogens with one attached hydrogen (secondary N) is 1. The monoisotopic (exact) mass is 259 g/mol. The van der Waals surface area contributed by atoms with Crippen LogP contribution in [0.3, 0.4) is 0 Å². The molecule has 102 valence electrons. The quantitative estimate of drug-likeness (QED) is 0.918. The first-order valence-corrected chi connectivity index (χ1v) is 7.02. The summed E-state index contributed by atoms with van der Waals surface area (Å²) in [5, 5.41) is 3.49. The van der Waals surface area contributed by atoms with Crippen molar-refractivity contribution >= 4 is 0 Å². The lowest BCUT2D eigenvalue weighted by atomic mass is 9.99. The lowest BCUT2D eigenvalue weighted by Gasteiger charge is -2.23. The van der Waals surface area contributed by atoms with E-state index in [1.165, 1.54) is 18.7 Å². The Balaban J connectivity index is 1.59. The molecule has 1 aliphatic heterocycles. The van der Waals surface area contributed by atoms with Crippen molar-refractivity contribution < 1.29 is 4.42 Å². The molecule has 19 heavy (non-hydrogen) atoms. The van der Waals surface area contributed by atoms with Gasteiger partial charge < -0.3 is 14.3 Å². The van der Waals surface area contributed by atoms with E-state index in [9.17, 15) is 0 Å². The van der Waals surface area contributed by atoms with E-state index in [2.05, 4.69) is 28.0 Å². The highest BCUT2D eigenvalue weighted by Gasteiger charge is 2.21. The second-order valence-corrected chi connectivity index (χ2v) is 5.42. The van der Waals surface area contributed by atoms with E-state index in [-0.39, 0.29) is 0 Å². The molecule has 0 saturated carbocycles. The normalized spacial score (nSPS) is 18.5. The van der Waals surface area contributed by atoms with Crippen molar-refractivity contribution in [3.63, 3.8) is 0 Å². The van der Waals surface area contributed by atoms with Crippen molar-refractivity contribution in [1.82, 2.24) is 14.9 Å². The van der Waals surface area contributed by atoms with E-state index in [1.54, 1.807) is 0 Å². The standard InChI is InChI=1S/C15H21N3O/c1-11-10-18-7-3-4-13(15(18)17-11)8-16-9-14-6-5-12(2)19-14/h5-6,10,13,16H,3-4,7-9H2,1-2H3/t13-/m0/s1. The molecule has 1 atom stereocenters. The number of hydrogen-bond donors (Lipinski definition) is 1. The lowest BCUT2D eigenvalue weighted by molar-refractivity contribution is 0.406. The molecule has 3 rings (SSSR count). The van der Waals surface area contributed by atoms with Gasteiger partial charge in [0.1, 0.15) is 17.3 Å². The summed E-state index contributed by atoms with van der Waals surface area (Å²) in [5.41, 5.74) is 1.13. The number of fused-ring (bicyclic) bond motifs is 1. The van der Waals surface area contributed by atoms with E-state index in [4.69, 9.17) is 4.42 Å². The van der Waals surface area contributed by atoms with Gasteiger partial charge in [-0.05, 0) is 38.8 Å². The maximum atomic E-state index is 5.56. The average molecular weight is 259 g/mol. The molecule has 1 N–H and O–H groups in total. The van der Waals surface area contributed by atoms with Gasteiger partial charge in [0.25, 0.3) is 0 Å². The fourth-order valence-electron chi connectivity index (χ4n) is 2.85. The van der Waals surface area contributed by atoms with Crippen molar-refractivity contribution in [1.29, 1.82) is 0 Å². The molecule has 0 saturated heterocycles. The van der Waals surface area contributed by atoms with Crippen LogP contribution < -0.4 is 5.32 Å². The topological polar surface area (TPSA) is 43.0 Å². The smallest absolute Gasteiger partial charge is 0.117 e. The first-order chi connectivity index (χ1) is 9.22. The van der Waals surface area contributed by atoms with Gasteiger partial charge in [0.2, 0.25) is 0 Å². The van der Waals surface area contributed by atoms with Crippen LogP contribution in [0.25, 0.3) is 0 Å². The van der Waals surface area contributed by atoms with Crippen LogP contribution in [-0.4, -0.2) is 16.1 Å². The summed E-state index contributed by atoms with van der Waals surface area (Å²) < 4.78 is 7.87. The molecule has 4 nitrogen and oxygen atoms in total. The summed E-state index contributed by atoms with van der Waals surface area (Å²) in [6.45, 7) is 6.93. The third kappa shape index (κ3) is 2.73. The molecule has 0 unspecified atom stereocenters. The Hall–Kier alpha value is -1.55. The van der Waals surface area contributed by atoms with Gasteiger partial charge in [-0.25, -0.2) is 4.98 Å². The zero-order valence-electron chi connectivity index (χ0n) is 11.6. The highest BCUT2D eigenvalue weighted by molar-refractivity contribution is 5.10. The van der Waals surface area contributed by atoms with Gasteiger partial charge in [0.15, 0.2) is 0 Å². The molecule has 0 fully saturated rings. The van der Waals surface area contributed by atoms with Crippen LogP contribution in [0.1, 0.15) is 41.8 Å². The molecule has 0 bridgehead atoms. The summed E-state index contributed by atoms with van der Waals surface area (Å²) >= 11 is 0. The second-order valence-electron chi connectivity index (χ2n) is 5.42. The van der Waals surface area contributed by atoms with Gasteiger partial charge in [-0.15, -0.1) is 0 Å². The van der Waals surface area contributed by atoms with Crippen LogP contribution in [0.4, 0.5) is 0 Å². The Bertz CT molecular complexity index is 555. The van der Waals surface area contributed by atoms with Gasteiger partial charge in [0, 0.05) is 25.2 Å². The molecule has 0 aliphatic carbocycles. The summed E-state index contributed by atoms with van der Waals surface area (Å²) in [6.07, 6.45) is 4.63. The predicted molar refractivity (Wildman–Crippen MR) is 74.1 cm³/mol. The fourth-order valence-corrected chi connectivity index (χ4v) is 2.85. The first-order valence-electron chi connectivity index (χ1n) is 7.02. The largest absolute Gasteiger partial charge is 0.465 e. The second kappa shape index (κ2) is 5.21. The molecule has 0 aromatic carbocycles. The van der Waals surface area contributed by atoms with Crippen molar-refractivity contribution in [3.05, 3.63) is 41.4 Å². The third-order valence-electron chi connectivity index (χ3n) is 3.73. The van der Waals surface area contributed by atoms with Crippen molar-refractivity contribution in [3.8, 4) is 0 Å². The minimum Gasteiger partial charge on any atom is -0.465 e.